The maximum atomic E-state index is 11.7. The standard InChI is InChI=1S/C15H21Cl2NO2/c1-3-11(4-2)10-18-15(19)7-8-20-12-5-6-13(16)14(17)9-12/h5-6,9,11H,3-4,7-8,10H2,1-2H3,(H,18,19). The van der Waals surface area contributed by atoms with Crippen molar-refractivity contribution in [2.75, 3.05) is 13.2 Å². The van der Waals surface area contributed by atoms with Crippen molar-refractivity contribution >= 4 is 29.1 Å². The van der Waals surface area contributed by atoms with Gasteiger partial charge in [-0.3, -0.25) is 4.79 Å². The Hall–Kier alpha value is -0.930. The van der Waals surface area contributed by atoms with Gasteiger partial charge < -0.3 is 10.1 Å². The molecule has 0 aliphatic carbocycles. The van der Waals surface area contributed by atoms with Gasteiger partial charge in [-0.2, -0.15) is 0 Å². The maximum Gasteiger partial charge on any atom is 0.223 e. The van der Waals surface area contributed by atoms with Gasteiger partial charge in [-0.25, -0.2) is 0 Å². The number of nitrogens with one attached hydrogen (secondary N) is 1. The van der Waals surface area contributed by atoms with E-state index in [4.69, 9.17) is 27.9 Å². The summed E-state index contributed by atoms with van der Waals surface area (Å²) in [6.07, 6.45) is 2.49. The molecule has 0 heterocycles. The topological polar surface area (TPSA) is 38.3 Å². The highest BCUT2D eigenvalue weighted by atomic mass is 35.5. The fourth-order valence-electron chi connectivity index (χ4n) is 1.75. The maximum absolute atomic E-state index is 11.7. The van der Waals surface area contributed by atoms with E-state index in [0.29, 0.717) is 34.7 Å². The SMILES string of the molecule is CCC(CC)CNC(=O)CCOc1ccc(Cl)c(Cl)c1. The predicted molar refractivity (Wildman–Crippen MR) is 83.7 cm³/mol. The molecule has 1 rings (SSSR count). The molecule has 0 spiro atoms. The zero-order valence-electron chi connectivity index (χ0n) is 11.9. The first-order valence-corrected chi connectivity index (χ1v) is 7.66. The van der Waals surface area contributed by atoms with Gasteiger partial charge in [0.25, 0.3) is 0 Å². The third-order valence-electron chi connectivity index (χ3n) is 3.23. The molecular formula is C15H21Cl2NO2. The number of halogens is 2. The third kappa shape index (κ3) is 6.02. The van der Waals surface area contributed by atoms with Crippen molar-refractivity contribution in [3.8, 4) is 5.75 Å². The van der Waals surface area contributed by atoms with Crippen molar-refractivity contribution in [1.82, 2.24) is 5.32 Å². The van der Waals surface area contributed by atoms with E-state index >= 15 is 0 Å². The van der Waals surface area contributed by atoms with E-state index in [1.54, 1.807) is 18.2 Å². The van der Waals surface area contributed by atoms with E-state index in [2.05, 4.69) is 19.2 Å². The zero-order valence-corrected chi connectivity index (χ0v) is 13.4. The molecule has 1 amide bonds. The summed E-state index contributed by atoms with van der Waals surface area (Å²) in [5, 5.41) is 3.86. The Labute approximate surface area is 130 Å². The van der Waals surface area contributed by atoms with Crippen molar-refractivity contribution < 1.29 is 9.53 Å². The van der Waals surface area contributed by atoms with Crippen LogP contribution in [0.15, 0.2) is 18.2 Å². The minimum atomic E-state index is 0.0111. The number of carbonyl (C=O) groups excluding carboxylic acids is 1. The molecule has 0 aliphatic rings. The largest absolute Gasteiger partial charge is 0.493 e. The fourth-order valence-corrected chi connectivity index (χ4v) is 2.04. The molecule has 0 aromatic heterocycles. The van der Waals surface area contributed by atoms with Crippen LogP contribution in [0.5, 0.6) is 5.75 Å². The number of hydrogen-bond acceptors (Lipinski definition) is 2. The normalized spacial score (nSPS) is 10.7. The first-order chi connectivity index (χ1) is 9.56. The summed E-state index contributed by atoms with van der Waals surface area (Å²) in [7, 11) is 0. The number of amides is 1. The predicted octanol–water partition coefficient (Wildman–Crippen LogP) is 4.31. The van der Waals surface area contributed by atoms with E-state index in [9.17, 15) is 4.79 Å². The molecule has 0 radical (unpaired) electrons. The molecule has 0 fully saturated rings. The lowest BCUT2D eigenvalue weighted by Gasteiger charge is -2.13. The summed E-state index contributed by atoms with van der Waals surface area (Å²) in [6, 6.07) is 5.05. The Kier molecular flexibility index (Phi) is 7.78. The Balaban J connectivity index is 2.26. The second kappa shape index (κ2) is 9.09. The Morgan fingerprint density at radius 3 is 2.55 bits per heavy atom. The lowest BCUT2D eigenvalue weighted by molar-refractivity contribution is -0.121. The Bertz CT molecular complexity index is 434. The summed E-state index contributed by atoms with van der Waals surface area (Å²) in [6.45, 7) is 5.33. The second-order valence-corrected chi connectivity index (χ2v) is 5.48. The Morgan fingerprint density at radius 2 is 1.95 bits per heavy atom. The van der Waals surface area contributed by atoms with Crippen molar-refractivity contribution in [2.24, 2.45) is 5.92 Å². The lowest BCUT2D eigenvalue weighted by Crippen LogP contribution is -2.29. The quantitative estimate of drug-likeness (QED) is 0.775. The molecule has 112 valence electrons. The van der Waals surface area contributed by atoms with Crippen LogP contribution in [0.25, 0.3) is 0 Å². The van der Waals surface area contributed by atoms with Crippen molar-refractivity contribution in [3.05, 3.63) is 28.2 Å². The van der Waals surface area contributed by atoms with Crippen LogP contribution < -0.4 is 10.1 Å². The van der Waals surface area contributed by atoms with Crippen LogP contribution in [0.4, 0.5) is 0 Å². The smallest absolute Gasteiger partial charge is 0.223 e. The first-order valence-electron chi connectivity index (χ1n) is 6.91. The summed E-state index contributed by atoms with van der Waals surface area (Å²) >= 11 is 11.7. The summed E-state index contributed by atoms with van der Waals surface area (Å²) in [4.78, 5) is 11.7. The molecule has 0 unspecified atom stereocenters. The summed E-state index contributed by atoms with van der Waals surface area (Å²) < 4.78 is 5.47. The molecule has 1 aromatic rings. The molecule has 5 heteroatoms. The Morgan fingerprint density at radius 1 is 1.25 bits per heavy atom. The summed E-state index contributed by atoms with van der Waals surface area (Å²) in [5.74, 6) is 1.18. The van der Waals surface area contributed by atoms with Gasteiger partial charge in [-0.05, 0) is 18.1 Å². The molecule has 1 N–H and O–H groups in total. The molecule has 0 bridgehead atoms. The van der Waals surface area contributed by atoms with E-state index in [0.717, 1.165) is 19.4 Å². The number of ether oxygens (including phenoxy) is 1. The van der Waals surface area contributed by atoms with Gasteiger partial charge >= 0.3 is 0 Å². The van der Waals surface area contributed by atoms with Crippen LogP contribution in [0, 0.1) is 5.92 Å². The van der Waals surface area contributed by atoms with Crippen LogP contribution in [0.3, 0.4) is 0 Å². The van der Waals surface area contributed by atoms with Gasteiger partial charge in [0.2, 0.25) is 5.91 Å². The number of benzene rings is 1. The van der Waals surface area contributed by atoms with E-state index < -0.39 is 0 Å². The fraction of sp³-hybridized carbons (Fsp3) is 0.533. The second-order valence-electron chi connectivity index (χ2n) is 4.66. The third-order valence-corrected chi connectivity index (χ3v) is 3.97. The molecular weight excluding hydrogens is 297 g/mol. The molecule has 3 nitrogen and oxygen atoms in total. The zero-order chi connectivity index (χ0) is 15.0. The van der Waals surface area contributed by atoms with Crippen LogP contribution >= 0.6 is 23.2 Å². The highest BCUT2D eigenvalue weighted by molar-refractivity contribution is 6.42. The highest BCUT2D eigenvalue weighted by Crippen LogP contribution is 2.26. The van der Waals surface area contributed by atoms with Crippen LogP contribution in [-0.4, -0.2) is 19.1 Å². The van der Waals surface area contributed by atoms with Crippen LogP contribution in [0.1, 0.15) is 33.1 Å². The number of carbonyl (C=O) groups is 1. The minimum absolute atomic E-state index is 0.0111. The van der Waals surface area contributed by atoms with E-state index in [1.165, 1.54) is 0 Å². The number of hydrogen-bond donors (Lipinski definition) is 1. The van der Waals surface area contributed by atoms with E-state index in [-0.39, 0.29) is 5.91 Å². The van der Waals surface area contributed by atoms with Gasteiger partial charge in [0.05, 0.1) is 23.1 Å². The molecule has 1 aromatic carbocycles. The van der Waals surface area contributed by atoms with Crippen LogP contribution in [0.2, 0.25) is 10.0 Å². The van der Waals surface area contributed by atoms with Gasteiger partial charge in [0, 0.05) is 12.6 Å². The van der Waals surface area contributed by atoms with Gasteiger partial charge in [0.15, 0.2) is 0 Å². The molecule has 20 heavy (non-hydrogen) atoms. The molecule has 0 saturated heterocycles. The lowest BCUT2D eigenvalue weighted by atomic mass is 10.0. The first kappa shape index (κ1) is 17.1. The average Bonchev–Trinajstić information content (AvgIpc) is 2.44. The minimum Gasteiger partial charge on any atom is -0.493 e. The highest BCUT2D eigenvalue weighted by Gasteiger charge is 2.07. The van der Waals surface area contributed by atoms with E-state index in [1.807, 2.05) is 0 Å². The molecule has 0 aliphatic heterocycles. The van der Waals surface area contributed by atoms with Crippen LogP contribution in [-0.2, 0) is 4.79 Å². The number of rotatable bonds is 8. The van der Waals surface area contributed by atoms with Gasteiger partial charge in [0.1, 0.15) is 5.75 Å². The molecule has 0 saturated carbocycles. The van der Waals surface area contributed by atoms with Gasteiger partial charge in [-0.1, -0.05) is 49.9 Å². The van der Waals surface area contributed by atoms with Crippen molar-refractivity contribution in [1.29, 1.82) is 0 Å². The van der Waals surface area contributed by atoms with Crippen molar-refractivity contribution in [3.63, 3.8) is 0 Å². The molecule has 0 atom stereocenters. The average molecular weight is 318 g/mol. The van der Waals surface area contributed by atoms with Gasteiger partial charge in [-0.15, -0.1) is 0 Å². The monoisotopic (exact) mass is 317 g/mol. The van der Waals surface area contributed by atoms with Crippen molar-refractivity contribution in [2.45, 2.75) is 33.1 Å². The summed E-state index contributed by atoms with van der Waals surface area (Å²) in [5.41, 5.74) is 0.